The Morgan fingerprint density at radius 2 is 0.625 bits per heavy atom. The van der Waals surface area contributed by atoms with Gasteiger partial charge >= 0.3 is 5.97 Å². The summed E-state index contributed by atoms with van der Waals surface area (Å²) in [5.41, 5.74) is 0. The summed E-state index contributed by atoms with van der Waals surface area (Å²) in [7, 11) is 0. The van der Waals surface area contributed by atoms with Crippen molar-refractivity contribution in [1.82, 2.24) is 5.32 Å². The lowest BCUT2D eigenvalue weighted by atomic mass is 10.0. The van der Waals surface area contributed by atoms with Crippen molar-refractivity contribution in [2.45, 2.75) is 398 Å². The lowest BCUT2D eigenvalue weighted by Crippen LogP contribution is -2.45. The van der Waals surface area contributed by atoms with Crippen LogP contribution in [0, 0.1) is 0 Å². The van der Waals surface area contributed by atoms with E-state index in [0.717, 1.165) is 51.4 Å². The van der Waals surface area contributed by atoms with E-state index < -0.39 is 12.1 Å². The summed E-state index contributed by atoms with van der Waals surface area (Å²) in [4.78, 5) is 24.6. The fraction of sp³-hybridized carbons (Fsp3) is 0.865. The average Bonchev–Trinajstić information content (AvgIpc) is 3.46. The molecule has 470 valence electrons. The molecule has 0 aromatic carbocycles. The maximum atomic E-state index is 12.5. The van der Waals surface area contributed by atoms with E-state index in [-0.39, 0.29) is 18.5 Å². The minimum atomic E-state index is -0.847. The summed E-state index contributed by atoms with van der Waals surface area (Å²) >= 11 is 0. The molecule has 3 N–H and O–H groups in total. The van der Waals surface area contributed by atoms with Gasteiger partial charge in [0.25, 0.3) is 0 Å². The summed E-state index contributed by atoms with van der Waals surface area (Å²) < 4.78 is 5.49. The van der Waals surface area contributed by atoms with Crippen LogP contribution >= 0.6 is 0 Å². The molecule has 2 atom stereocenters. The molecule has 0 aliphatic carbocycles. The minimum absolute atomic E-state index is 0.00393. The molecule has 0 bridgehead atoms. The molecule has 6 nitrogen and oxygen atoms in total. The summed E-state index contributed by atoms with van der Waals surface area (Å²) in [5, 5.41) is 23.2. The van der Waals surface area contributed by atoms with Gasteiger partial charge in [0.1, 0.15) is 0 Å². The van der Waals surface area contributed by atoms with E-state index in [9.17, 15) is 19.8 Å². The fourth-order valence-electron chi connectivity index (χ4n) is 11.1. The molecule has 2 unspecified atom stereocenters. The zero-order valence-corrected chi connectivity index (χ0v) is 53.8. The lowest BCUT2D eigenvalue weighted by Gasteiger charge is -2.20. The Morgan fingerprint density at radius 1 is 0.350 bits per heavy atom. The highest BCUT2D eigenvalue weighted by Gasteiger charge is 2.18. The maximum absolute atomic E-state index is 12.5. The van der Waals surface area contributed by atoms with Crippen LogP contribution < -0.4 is 5.32 Å². The van der Waals surface area contributed by atoms with E-state index in [0.29, 0.717) is 19.4 Å². The molecule has 0 spiro atoms. The first-order chi connectivity index (χ1) is 39.5. The third-order valence-corrected chi connectivity index (χ3v) is 16.6. The zero-order valence-electron chi connectivity index (χ0n) is 53.8. The first kappa shape index (κ1) is 77.8. The number of carbonyl (C=O) groups is 2. The van der Waals surface area contributed by atoms with Gasteiger partial charge in [0.2, 0.25) is 5.91 Å². The monoisotopic (exact) mass is 1120 g/mol. The van der Waals surface area contributed by atoms with Gasteiger partial charge in [-0.3, -0.25) is 9.59 Å². The molecule has 80 heavy (non-hydrogen) atoms. The number of ether oxygens (including phenoxy) is 1. The number of esters is 1. The van der Waals surface area contributed by atoms with Gasteiger partial charge in [-0.25, -0.2) is 0 Å². The number of hydrogen-bond donors (Lipinski definition) is 3. The first-order valence-corrected chi connectivity index (χ1v) is 35.9. The molecule has 0 rings (SSSR count). The number of aliphatic hydroxyl groups is 2. The number of amides is 1. The average molecular weight is 1120 g/mol. The summed E-state index contributed by atoms with van der Waals surface area (Å²) in [5.74, 6) is -0.0623. The van der Waals surface area contributed by atoms with Crippen LogP contribution in [-0.2, 0) is 14.3 Å². The Bertz CT molecular complexity index is 1340. The molecule has 1 amide bonds. The van der Waals surface area contributed by atoms with Crippen LogP contribution in [-0.4, -0.2) is 47.4 Å². The Hall–Kier alpha value is -2.18. The molecule has 0 aliphatic rings. The van der Waals surface area contributed by atoms with E-state index in [1.165, 1.54) is 308 Å². The molecule has 6 heteroatoms. The van der Waals surface area contributed by atoms with E-state index >= 15 is 0 Å². The maximum Gasteiger partial charge on any atom is 0.305 e. The molecule has 0 aromatic heterocycles. The van der Waals surface area contributed by atoms with Crippen molar-refractivity contribution in [3.05, 3.63) is 48.6 Å². The standard InChI is InChI=1S/C74H139NO5/c1-3-5-7-9-11-13-15-17-19-20-32-35-39-42-46-50-54-58-62-66-72(77)71(70-76)75-73(78)67-63-59-55-51-47-43-40-36-33-30-28-26-24-22-21-23-25-27-29-31-34-37-41-45-49-53-57-61-65-69-80-74(79)68-64-60-56-52-48-44-38-18-16-14-12-10-8-6-4-2/h18,21,23,27,29,38,62,66,71-72,76-77H,3-17,19-20,22,24-26,28,30-37,39-61,63-65,67-70H2,1-2H3,(H,75,78)/b23-21-,29-27-,38-18-,66-62+. The van der Waals surface area contributed by atoms with Gasteiger partial charge in [0.15, 0.2) is 0 Å². The smallest absolute Gasteiger partial charge is 0.305 e. The first-order valence-electron chi connectivity index (χ1n) is 35.9. The van der Waals surface area contributed by atoms with Gasteiger partial charge in [-0.2, -0.15) is 0 Å². The number of rotatable bonds is 67. The fourth-order valence-corrected chi connectivity index (χ4v) is 11.1. The normalized spacial score (nSPS) is 12.8. The van der Waals surface area contributed by atoms with Crippen LogP contribution in [0.1, 0.15) is 386 Å². The quantitative estimate of drug-likeness (QED) is 0.0320. The highest BCUT2D eigenvalue weighted by Crippen LogP contribution is 2.18. The summed E-state index contributed by atoms with van der Waals surface area (Å²) in [6, 6.07) is -0.630. The molecule has 0 saturated carbocycles. The summed E-state index contributed by atoms with van der Waals surface area (Å²) in [6.45, 7) is 4.92. The highest BCUT2D eigenvalue weighted by atomic mass is 16.5. The van der Waals surface area contributed by atoms with Gasteiger partial charge in [-0.05, 0) is 89.9 Å². The van der Waals surface area contributed by atoms with Crippen molar-refractivity contribution in [3.8, 4) is 0 Å². The number of nitrogens with one attached hydrogen (secondary N) is 1. The van der Waals surface area contributed by atoms with Crippen LogP contribution in [0.3, 0.4) is 0 Å². The number of hydrogen-bond acceptors (Lipinski definition) is 5. The SMILES string of the molecule is CCCCCCCC/C=C\CCCCCCCC(=O)OCCCCCCCCCCC/C=C\C/C=C\CCCCCCCCCCCCCCCC(=O)NC(CO)C(O)/C=C/CCCCCCCCCCCCCCCCCCC. The Morgan fingerprint density at radius 3 is 0.963 bits per heavy atom. The number of allylic oxidation sites excluding steroid dienone is 7. The molecule has 0 radical (unpaired) electrons. The third kappa shape index (κ3) is 65.0. The summed E-state index contributed by atoms with van der Waals surface area (Å²) in [6.07, 6.45) is 90.5. The molecule has 0 aromatic rings. The second-order valence-electron chi connectivity index (χ2n) is 24.6. The van der Waals surface area contributed by atoms with Crippen molar-refractivity contribution >= 4 is 11.9 Å². The van der Waals surface area contributed by atoms with Crippen LogP contribution in [0.5, 0.6) is 0 Å². The predicted octanol–water partition coefficient (Wildman–Crippen LogP) is 23.3. The number of unbranched alkanes of at least 4 members (excludes halogenated alkanes) is 50. The zero-order chi connectivity index (χ0) is 57.8. The van der Waals surface area contributed by atoms with E-state index in [2.05, 4.69) is 55.6 Å². The topological polar surface area (TPSA) is 95.9 Å². The minimum Gasteiger partial charge on any atom is -0.466 e. The second kappa shape index (κ2) is 69.3. The third-order valence-electron chi connectivity index (χ3n) is 16.6. The molecule has 0 heterocycles. The second-order valence-corrected chi connectivity index (χ2v) is 24.6. The largest absolute Gasteiger partial charge is 0.466 e. The highest BCUT2D eigenvalue weighted by molar-refractivity contribution is 5.76. The Labute approximate surface area is 499 Å². The van der Waals surface area contributed by atoms with Crippen molar-refractivity contribution in [1.29, 1.82) is 0 Å². The number of carbonyl (C=O) groups excluding carboxylic acids is 2. The van der Waals surface area contributed by atoms with Crippen molar-refractivity contribution in [3.63, 3.8) is 0 Å². The van der Waals surface area contributed by atoms with Crippen LogP contribution in [0.25, 0.3) is 0 Å². The Kier molecular flexibility index (Phi) is 67.4. The lowest BCUT2D eigenvalue weighted by molar-refractivity contribution is -0.143. The van der Waals surface area contributed by atoms with Gasteiger partial charge in [0, 0.05) is 12.8 Å². The molecular weight excluding hydrogens is 983 g/mol. The number of aliphatic hydroxyl groups excluding tert-OH is 2. The molecule has 0 saturated heterocycles. The van der Waals surface area contributed by atoms with Gasteiger partial charge < -0.3 is 20.3 Å². The van der Waals surface area contributed by atoms with Gasteiger partial charge in [0.05, 0.1) is 25.4 Å². The van der Waals surface area contributed by atoms with E-state index in [1.807, 2.05) is 6.08 Å². The Balaban J connectivity index is 3.43. The van der Waals surface area contributed by atoms with Gasteiger partial charge in [-0.15, -0.1) is 0 Å². The van der Waals surface area contributed by atoms with Crippen LogP contribution in [0.4, 0.5) is 0 Å². The van der Waals surface area contributed by atoms with Crippen molar-refractivity contribution < 1.29 is 24.5 Å². The molecular formula is C74H139NO5. The molecule has 0 aliphatic heterocycles. The van der Waals surface area contributed by atoms with E-state index in [4.69, 9.17) is 4.74 Å². The van der Waals surface area contributed by atoms with E-state index in [1.54, 1.807) is 6.08 Å². The van der Waals surface area contributed by atoms with Crippen LogP contribution in [0.2, 0.25) is 0 Å². The van der Waals surface area contributed by atoms with Gasteiger partial charge in [-0.1, -0.05) is 332 Å². The predicted molar refractivity (Wildman–Crippen MR) is 352 cm³/mol. The van der Waals surface area contributed by atoms with Crippen molar-refractivity contribution in [2.24, 2.45) is 0 Å². The van der Waals surface area contributed by atoms with Crippen LogP contribution in [0.15, 0.2) is 48.6 Å². The molecule has 0 fully saturated rings. The van der Waals surface area contributed by atoms with Crippen molar-refractivity contribution in [2.75, 3.05) is 13.2 Å².